The molecule has 1 aromatic rings. The summed E-state index contributed by atoms with van der Waals surface area (Å²) < 4.78 is 0. The number of halogens is 3. The first kappa shape index (κ1) is 14.3. The first-order chi connectivity index (χ1) is 6.61. The van der Waals surface area contributed by atoms with Crippen LogP contribution in [0.2, 0.25) is 10.0 Å². The molecule has 0 aromatic heterocycles. The topological polar surface area (TPSA) is 35.9 Å². The van der Waals surface area contributed by atoms with Gasteiger partial charge in [-0.25, -0.2) is 0 Å². The third-order valence-corrected chi connectivity index (χ3v) is 2.21. The van der Waals surface area contributed by atoms with Crippen molar-refractivity contribution in [2.75, 3.05) is 0 Å². The third-order valence-electron chi connectivity index (χ3n) is 1.55. The van der Waals surface area contributed by atoms with Crippen molar-refractivity contribution in [1.82, 2.24) is 5.32 Å². The molecule has 0 radical (unpaired) electrons. The maximum absolute atomic E-state index is 7.14. The first-order valence-corrected chi connectivity index (χ1v) is 4.79. The summed E-state index contributed by atoms with van der Waals surface area (Å²) in [5.41, 5.74) is 0.754. The van der Waals surface area contributed by atoms with E-state index < -0.39 is 0 Å². The van der Waals surface area contributed by atoms with Crippen molar-refractivity contribution in [2.45, 2.75) is 6.92 Å². The molecule has 0 aliphatic carbocycles. The van der Waals surface area contributed by atoms with Crippen LogP contribution in [-0.4, -0.2) is 5.84 Å². The fraction of sp³-hybridized carbons (Fsp3) is 0.100. The number of nitrogens with one attached hydrogen (secondary N) is 2. The van der Waals surface area contributed by atoms with Gasteiger partial charge in [-0.1, -0.05) is 29.3 Å². The highest BCUT2D eigenvalue weighted by Crippen LogP contribution is 2.25. The summed E-state index contributed by atoms with van der Waals surface area (Å²) in [6.45, 7) is 1.65. The molecule has 0 fully saturated rings. The highest BCUT2D eigenvalue weighted by atomic mass is 35.5. The van der Waals surface area contributed by atoms with Gasteiger partial charge in [-0.2, -0.15) is 0 Å². The molecule has 1 rings (SSSR count). The quantitative estimate of drug-likeness (QED) is 0.616. The normalized spacial score (nSPS) is 9.80. The molecule has 0 unspecified atom stereocenters. The Hall–Kier alpha value is -0.700. The molecule has 0 aliphatic rings. The van der Waals surface area contributed by atoms with Crippen molar-refractivity contribution in [3.05, 3.63) is 40.0 Å². The van der Waals surface area contributed by atoms with E-state index in [9.17, 15) is 0 Å². The van der Waals surface area contributed by atoms with Crippen molar-refractivity contribution >= 4 is 47.5 Å². The van der Waals surface area contributed by atoms with Gasteiger partial charge in [0.1, 0.15) is 0 Å². The van der Waals surface area contributed by atoms with Gasteiger partial charge < -0.3 is 5.32 Å². The molecule has 15 heavy (non-hydrogen) atoms. The summed E-state index contributed by atoms with van der Waals surface area (Å²) in [5, 5.41) is 11.1. The summed E-state index contributed by atoms with van der Waals surface area (Å²) >= 11 is 11.9. The zero-order valence-electron chi connectivity index (χ0n) is 8.05. The van der Waals surface area contributed by atoms with E-state index >= 15 is 0 Å². The average Bonchev–Trinajstić information content (AvgIpc) is 2.09. The molecule has 0 atom stereocenters. The molecular weight excluding hydrogens is 254 g/mol. The van der Waals surface area contributed by atoms with Crippen LogP contribution in [0, 0.1) is 5.41 Å². The van der Waals surface area contributed by atoms with Crippen molar-refractivity contribution < 1.29 is 0 Å². The maximum atomic E-state index is 7.14. The zero-order valence-corrected chi connectivity index (χ0v) is 10.4. The summed E-state index contributed by atoms with van der Waals surface area (Å²) in [5.74, 6) is 0.365. The smallest absolute Gasteiger partial charge is 0.0939 e. The van der Waals surface area contributed by atoms with Gasteiger partial charge in [0, 0.05) is 21.8 Å². The highest BCUT2D eigenvalue weighted by Gasteiger charge is 2.00. The molecule has 0 heterocycles. The van der Waals surface area contributed by atoms with Crippen LogP contribution in [0.3, 0.4) is 0 Å². The molecule has 2 N–H and O–H groups in total. The number of benzene rings is 1. The number of rotatable bonds is 2. The minimum absolute atomic E-state index is 0. The second-order valence-corrected chi connectivity index (χ2v) is 3.55. The van der Waals surface area contributed by atoms with Crippen molar-refractivity contribution in [3.8, 4) is 0 Å². The Morgan fingerprint density at radius 1 is 1.33 bits per heavy atom. The maximum Gasteiger partial charge on any atom is 0.0939 e. The van der Waals surface area contributed by atoms with Crippen LogP contribution < -0.4 is 5.32 Å². The van der Waals surface area contributed by atoms with E-state index in [1.54, 1.807) is 37.4 Å². The average molecular weight is 266 g/mol. The molecule has 82 valence electrons. The molecular formula is C10H11Cl3N2. The van der Waals surface area contributed by atoms with Crippen LogP contribution in [0.1, 0.15) is 12.5 Å². The molecule has 0 aliphatic heterocycles. The Labute approximate surface area is 105 Å². The molecule has 0 spiro atoms. The summed E-state index contributed by atoms with van der Waals surface area (Å²) in [6.07, 6.45) is 3.37. The van der Waals surface area contributed by atoms with E-state index in [-0.39, 0.29) is 12.4 Å². The Balaban J connectivity index is 0.00000196. The molecule has 2 nitrogen and oxygen atoms in total. The molecule has 0 bridgehead atoms. The number of hydrogen-bond donors (Lipinski definition) is 2. The van der Waals surface area contributed by atoms with Crippen LogP contribution in [0.15, 0.2) is 24.4 Å². The predicted octanol–water partition coefficient (Wildman–Crippen LogP) is 3.97. The molecule has 0 amide bonds. The second-order valence-electron chi connectivity index (χ2n) is 2.74. The SMILES string of the molecule is CC(=N)N/C=C/c1c(Cl)cccc1Cl.Cl. The van der Waals surface area contributed by atoms with Gasteiger partial charge in [-0.15, -0.1) is 12.4 Å². The van der Waals surface area contributed by atoms with Crippen molar-refractivity contribution in [3.63, 3.8) is 0 Å². The van der Waals surface area contributed by atoms with Crippen LogP contribution in [0.5, 0.6) is 0 Å². The summed E-state index contributed by atoms with van der Waals surface area (Å²) in [4.78, 5) is 0. The van der Waals surface area contributed by atoms with Crippen molar-refractivity contribution in [2.24, 2.45) is 0 Å². The first-order valence-electron chi connectivity index (χ1n) is 4.03. The minimum atomic E-state index is 0. The summed E-state index contributed by atoms with van der Waals surface area (Å²) in [7, 11) is 0. The van der Waals surface area contributed by atoms with E-state index in [0.29, 0.717) is 15.9 Å². The van der Waals surface area contributed by atoms with Crippen LogP contribution in [0.25, 0.3) is 6.08 Å². The third kappa shape index (κ3) is 4.56. The van der Waals surface area contributed by atoms with Gasteiger partial charge in [0.2, 0.25) is 0 Å². The highest BCUT2D eigenvalue weighted by molar-refractivity contribution is 6.37. The Kier molecular flexibility index (Phi) is 6.41. The Morgan fingerprint density at radius 3 is 2.33 bits per heavy atom. The number of hydrogen-bond acceptors (Lipinski definition) is 1. The molecule has 1 aromatic carbocycles. The van der Waals surface area contributed by atoms with Crippen LogP contribution in [-0.2, 0) is 0 Å². The molecule has 5 heteroatoms. The lowest BCUT2D eigenvalue weighted by Gasteiger charge is -2.01. The van der Waals surface area contributed by atoms with Crippen LogP contribution >= 0.6 is 35.6 Å². The van der Waals surface area contributed by atoms with Gasteiger partial charge in [0.15, 0.2) is 0 Å². The largest absolute Gasteiger partial charge is 0.351 e. The van der Waals surface area contributed by atoms with Gasteiger partial charge >= 0.3 is 0 Å². The lowest BCUT2D eigenvalue weighted by Crippen LogP contribution is -2.10. The van der Waals surface area contributed by atoms with Gasteiger partial charge in [-0.3, -0.25) is 5.41 Å². The Morgan fingerprint density at radius 2 is 1.87 bits per heavy atom. The van der Waals surface area contributed by atoms with Gasteiger partial charge in [-0.05, 0) is 25.1 Å². The van der Waals surface area contributed by atoms with E-state index in [2.05, 4.69) is 5.32 Å². The van der Waals surface area contributed by atoms with E-state index in [0.717, 1.165) is 5.56 Å². The lowest BCUT2D eigenvalue weighted by atomic mass is 10.2. The fourth-order valence-corrected chi connectivity index (χ4v) is 1.44. The summed E-state index contributed by atoms with van der Waals surface area (Å²) in [6, 6.07) is 5.33. The number of amidine groups is 1. The van der Waals surface area contributed by atoms with E-state index in [1.165, 1.54) is 0 Å². The Bertz CT molecular complexity index is 355. The van der Waals surface area contributed by atoms with E-state index in [1.807, 2.05) is 0 Å². The molecule has 0 saturated heterocycles. The zero-order chi connectivity index (χ0) is 10.6. The van der Waals surface area contributed by atoms with Gasteiger partial charge in [0.25, 0.3) is 0 Å². The van der Waals surface area contributed by atoms with Crippen molar-refractivity contribution in [1.29, 1.82) is 5.41 Å². The lowest BCUT2D eigenvalue weighted by molar-refractivity contribution is 1.22. The minimum Gasteiger partial charge on any atom is -0.351 e. The monoisotopic (exact) mass is 264 g/mol. The second kappa shape index (κ2) is 6.72. The van der Waals surface area contributed by atoms with E-state index in [4.69, 9.17) is 28.6 Å². The molecule has 0 saturated carbocycles. The van der Waals surface area contributed by atoms with Gasteiger partial charge in [0.05, 0.1) is 5.84 Å². The predicted molar refractivity (Wildman–Crippen MR) is 69.3 cm³/mol. The van der Waals surface area contributed by atoms with Crippen LogP contribution in [0.4, 0.5) is 0 Å². The standard InChI is InChI=1S/C10H10Cl2N2.ClH/c1-7(13)14-6-5-8-9(11)3-2-4-10(8)12;/h2-6H,1H3,(H2,13,14);1H/b6-5+;. The fourth-order valence-electron chi connectivity index (χ4n) is 0.920.